The molecule has 0 saturated heterocycles. The van der Waals surface area contributed by atoms with Crippen LogP contribution < -0.4 is 5.32 Å². The topological polar surface area (TPSA) is 75.6 Å². The Morgan fingerprint density at radius 1 is 1.09 bits per heavy atom. The monoisotopic (exact) mass is 315 g/mol. The SMILES string of the molecule is CC(C)C[C@@H](CC[C@H](C(=O)O)C(C)C)NC(=O)OC(C)(C)C. The quantitative estimate of drug-likeness (QED) is 0.708. The van der Waals surface area contributed by atoms with Crippen LogP contribution in [-0.4, -0.2) is 28.8 Å². The Morgan fingerprint density at radius 2 is 1.64 bits per heavy atom. The van der Waals surface area contributed by atoms with Gasteiger partial charge in [0.05, 0.1) is 5.92 Å². The van der Waals surface area contributed by atoms with Crippen LogP contribution in [0.2, 0.25) is 0 Å². The summed E-state index contributed by atoms with van der Waals surface area (Å²) in [7, 11) is 0. The zero-order chi connectivity index (χ0) is 17.5. The van der Waals surface area contributed by atoms with Crippen molar-refractivity contribution in [2.45, 2.75) is 79.4 Å². The molecular weight excluding hydrogens is 282 g/mol. The summed E-state index contributed by atoms with van der Waals surface area (Å²) in [6, 6.07) is -0.0598. The van der Waals surface area contributed by atoms with Crippen molar-refractivity contribution in [1.29, 1.82) is 0 Å². The van der Waals surface area contributed by atoms with Crippen molar-refractivity contribution in [2.24, 2.45) is 17.8 Å². The maximum atomic E-state index is 11.9. The first kappa shape index (κ1) is 20.7. The highest BCUT2D eigenvalue weighted by Gasteiger charge is 2.25. The molecule has 0 heterocycles. The smallest absolute Gasteiger partial charge is 0.407 e. The van der Waals surface area contributed by atoms with E-state index in [2.05, 4.69) is 19.2 Å². The number of nitrogens with one attached hydrogen (secondary N) is 1. The van der Waals surface area contributed by atoms with Crippen LogP contribution in [0.5, 0.6) is 0 Å². The van der Waals surface area contributed by atoms with Gasteiger partial charge in [0.15, 0.2) is 0 Å². The van der Waals surface area contributed by atoms with Gasteiger partial charge in [-0.15, -0.1) is 0 Å². The maximum Gasteiger partial charge on any atom is 0.407 e. The number of hydrogen-bond donors (Lipinski definition) is 2. The van der Waals surface area contributed by atoms with Gasteiger partial charge >= 0.3 is 12.1 Å². The van der Waals surface area contributed by atoms with E-state index in [4.69, 9.17) is 4.74 Å². The van der Waals surface area contributed by atoms with Gasteiger partial charge in [0.1, 0.15) is 5.60 Å². The second kappa shape index (κ2) is 9.01. The molecule has 0 aromatic carbocycles. The number of carboxylic acids is 1. The minimum Gasteiger partial charge on any atom is -0.481 e. The Kier molecular flexibility index (Phi) is 8.49. The van der Waals surface area contributed by atoms with Crippen LogP contribution in [0.25, 0.3) is 0 Å². The van der Waals surface area contributed by atoms with Gasteiger partial charge in [-0.05, 0) is 51.9 Å². The third-order valence-electron chi connectivity index (χ3n) is 3.42. The molecule has 5 nitrogen and oxygen atoms in total. The first-order chi connectivity index (χ1) is 9.92. The normalized spacial score (nSPS) is 14.8. The van der Waals surface area contributed by atoms with Crippen LogP contribution in [0, 0.1) is 17.8 Å². The van der Waals surface area contributed by atoms with E-state index >= 15 is 0 Å². The molecule has 0 aromatic rings. The summed E-state index contributed by atoms with van der Waals surface area (Å²) in [5.41, 5.74) is -0.534. The largest absolute Gasteiger partial charge is 0.481 e. The lowest BCUT2D eigenvalue weighted by Gasteiger charge is -2.26. The molecule has 5 heteroatoms. The van der Waals surface area contributed by atoms with Gasteiger partial charge < -0.3 is 15.2 Å². The Morgan fingerprint density at radius 3 is 2.00 bits per heavy atom. The summed E-state index contributed by atoms with van der Waals surface area (Å²) in [6.07, 6.45) is 1.57. The molecule has 0 fully saturated rings. The molecule has 2 atom stereocenters. The summed E-state index contributed by atoms with van der Waals surface area (Å²) in [5.74, 6) is -0.647. The molecule has 0 unspecified atom stereocenters. The van der Waals surface area contributed by atoms with Gasteiger partial charge in [-0.25, -0.2) is 4.79 Å². The summed E-state index contributed by atoms with van der Waals surface area (Å²) in [4.78, 5) is 23.2. The minimum atomic E-state index is -0.768. The Balaban J connectivity index is 4.64. The molecule has 0 aromatic heterocycles. The fraction of sp³-hybridized carbons (Fsp3) is 0.882. The van der Waals surface area contributed by atoms with Crippen molar-refractivity contribution in [1.82, 2.24) is 5.32 Å². The molecule has 1 amide bonds. The van der Waals surface area contributed by atoms with Crippen molar-refractivity contribution in [2.75, 3.05) is 0 Å². The molecule has 0 aliphatic carbocycles. The van der Waals surface area contributed by atoms with E-state index < -0.39 is 17.7 Å². The van der Waals surface area contributed by atoms with E-state index in [1.165, 1.54) is 0 Å². The summed E-state index contributed by atoms with van der Waals surface area (Å²) >= 11 is 0. The molecular formula is C17H33NO4. The van der Waals surface area contributed by atoms with E-state index in [1.807, 2.05) is 34.6 Å². The van der Waals surface area contributed by atoms with Gasteiger partial charge in [-0.3, -0.25) is 4.79 Å². The van der Waals surface area contributed by atoms with Crippen molar-refractivity contribution >= 4 is 12.1 Å². The molecule has 0 saturated carbocycles. The zero-order valence-corrected chi connectivity index (χ0v) is 15.1. The number of hydrogen-bond acceptors (Lipinski definition) is 3. The lowest BCUT2D eigenvalue weighted by molar-refractivity contribution is -0.143. The lowest BCUT2D eigenvalue weighted by Crippen LogP contribution is -2.40. The van der Waals surface area contributed by atoms with Crippen LogP contribution in [-0.2, 0) is 9.53 Å². The minimum absolute atomic E-state index is 0.0598. The third kappa shape index (κ3) is 9.64. The Hall–Kier alpha value is -1.26. The number of amides is 1. The van der Waals surface area contributed by atoms with Crippen molar-refractivity contribution in [3.8, 4) is 0 Å². The number of aliphatic carboxylic acids is 1. The highest BCUT2D eigenvalue weighted by atomic mass is 16.6. The molecule has 0 spiro atoms. The number of carboxylic acid groups (broad SMARTS) is 1. The van der Waals surface area contributed by atoms with Crippen LogP contribution in [0.15, 0.2) is 0 Å². The van der Waals surface area contributed by atoms with Crippen molar-refractivity contribution < 1.29 is 19.4 Å². The second-order valence-corrected chi connectivity index (χ2v) is 7.74. The standard InChI is InChI=1S/C17H33NO4/c1-11(2)10-13(18-16(21)22-17(5,6)7)8-9-14(12(3)4)15(19)20/h11-14H,8-10H2,1-7H3,(H,18,21)(H,19,20)/t13-,14+/m1/s1. The molecule has 0 radical (unpaired) electrons. The molecule has 0 aliphatic heterocycles. The fourth-order valence-corrected chi connectivity index (χ4v) is 2.41. The summed E-state index contributed by atoms with van der Waals surface area (Å²) < 4.78 is 5.29. The predicted octanol–water partition coefficient (Wildman–Crippen LogP) is 4.06. The Labute approximate surface area is 134 Å². The first-order valence-electron chi connectivity index (χ1n) is 8.14. The van der Waals surface area contributed by atoms with E-state index in [0.29, 0.717) is 18.8 Å². The van der Waals surface area contributed by atoms with Crippen LogP contribution in [0.4, 0.5) is 4.79 Å². The predicted molar refractivity (Wildman–Crippen MR) is 87.8 cm³/mol. The average molecular weight is 315 g/mol. The number of alkyl carbamates (subject to hydrolysis) is 1. The average Bonchev–Trinajstić information content (AvgIpc) is 2.23. The number of rotatable bonds is 8. The molecule has 0 bridgehead atoms. The number of ether oxygens (including phenoxy) is 1. The Bertz CT molecular complexity index is 358. The van der Waals surface area contributed by atoms with Crippen LogP contribution in [0.3, 0.4) is 0 Å². The fourth-order valence-electron chi connectivity index (χ4n) is 2.41. The molecule has 2 N–H and O–H groups in total. The van der Waals surface area contributed by atoms with Gasteiger partial charge in [0.2, 0.25) is 0 Å². The van der Waals surface area contributed by atoms with Crippen molar-refractivity contribution in [3.63, 3.8) is 0 Å². The van der Waals surface area contributed by atoms with E-state index in [9.17, 15) is 14.7 Å². The third-order valence-corrected chi connectivity index (χ3v) is 3.42. The number of carbonyl (C=O) groups excluding carboxylic acids is 1. The van der Waals surface area contributed by atoms with E-state index in [1.54, 1.807) is 0 Å². The number of carbonyl (C=O) groups is 2. The molecule has 130 valence electrons. The summed E-state index contributed by atoms with van der Waals surface area (Å²) in [6.45, 7) is 13.5. The van der Waals surface area contributed by atoms with Gasteiger partial charge in [0.25, 0.3) is 0 Å². The van der Waals surface area contributed by atoms with Crippen LogP contribution >= 0.6 is 0 Å². The van der Waals surface area contributed by atoms with Crippen LogP contribution in [0.1, 0.15) is 67.7 Å². The zero-order valence-electron chi connectivity index (χ0n) is 15.1. The molecule has 22 heavy (non-hydrogen) atoms. The second-order valence-electron chi connectivity index (χ2n) is 7.74. The van der Waals surface area contributed by atoms with Gasteiger partial charge in [-0.2, -0.15) is 0 Å². The highest BCUT2D eigenvalue weighted by Crippen LogP contribution is 2.21. The van der Waals surface area contributed by atoms with E-state index in [-0.39, 0.29) is 17.9 Å². The molecule has 0 rings (SSSR count). The first-order valence-corrected chi connectivity index (χ1v) is 8.14. The maximum absolute atomic E-state index is 11.9. The van der Waals surface area contributed by atoms with Gasteiger partial charge in [0, 0.05) is 6.04 Å². The molecule has 0 aliphatic rings. The van der Waals surface area contributed by atoms with Crippen molar-refractivity contribution in [3.05, 3.63) is 0 Å². The highest BCUT2D eigenvalue weighted by molar-refractivity contribution is 5.70. The van der Waals surface area contributed by atoms with E-state index in [0.717, 1.165) is 6.42 Å². The van der Waals surface area contributed by atoms with Gasteiger partial charge in [-0.1, -0.05) is 27.7 Å². The lowest BCUT2D eigenvalue weighted by atomic mass is 9.88. The summed E-state index contributed by atoms with van der Waals surface area (Å²) in [5, 5.41) is 12.1.